The first kappa shape index (κ1) is 21.2. The predicted octanol–water partition coefficient (Wildman–Crippen LogP) is 2.68. The molecular weight excluding hydrogens is 441 g/mol. The Balaban J connectivity index is 1.62. The molecule has 1 aliphatic rings. The van der Waals surface area contributed by atoms with Gasteiger partial charge in [-0.3, -0.25) is 34.2 Å². The van der Waals surface area contributed by atoms with Crippen LogP contribution in [0, 0.1) is 10.1 Å². The molecule has 3 rings (SSSR count). The highest BCUT2D eigenvalue weighted by Crippen LogP contribution is 2.31. The number of nitro groups is 1. The van der Waals surface area contributed by atoms with Gasteiger partial charge < -0.3 is 10.1 Å². The van der Waals surface area contributed by atoms with Crippen molar-refractivity contribution in [3.05, 3.63) is 67.7 Å². The van der Waals surface area contributed by atoms with Gasteiger partial charge in [-0.25, -0.2) is 0 Å². The van der Waals surface area contributed by atoms with Crippen LogP contribution in [0.15, 0.2) is 36.4 Å². The first-order chi connectivity index (χ1) is 14.2. The number of ether oxygens (including phenoxy) is 1. The molecule has 1 aliphatic heterocycles. The molecular formula is C18H11Cl2N3O7. The minimum atomic E-state index is -1.06. The molecule has 154 valence electrons. The quantitative estimate of drug-likeness (QED) is 0.308. The zero-order chi connectivity index (χ0) is 22.0. The van der Waals surface area contributed by atoms with E-state index in [4.69, 9.17) is 27.9 Å². The smallest absolute Gasteiger partial charge is 0.326 e. The summed E-state index contributed by atoms with van der Waals surface area (Å²) in [5.41, 5.74) is -0.994. The van der Waals surface area contributed by atoms with Gasteiger partial charge >= 0.3 is 5.97 Å². The molecule has 12 heteroatoms. The van der Waals surface area contributed by atoms with Crippen molar-refractivity contribution < 1.29 is 28.8 Å². The number of hydrogen-bond donors (Lipinski definition) is 1. The van der Waals surface area contributed by atoms with Crippen LogP contribution in [0.1, 0.15) is 20.7 Å². The molecule has 0 atom stereocenters. The van der Waals surface area contributed by atoms with Crippen LogP contribution in [-0.2, 0) is 14.3 Å². The predicted molar refractivity (Wildman–Crippen MR) is 105 cm³/mol. The van der Waals surface area contributed by atoms with Crippen LogP contribution >= 0.6 is 23.2 Å². The monoisotopic (exact) mass is 451 g/mol. The van der Waals surface area contributed by atoms with E-state index in [0.717, 1.165) is 6.07 Å². The van der Waals surface area contributed by atoms with Crippen LogP contribution < -0.4 is 5.32 Å². The van der Waals surface area contributed by atoms with Crippen LogP contribution in [0.25, 0.3) is 0 Å². The normalized spacial score (nSPS) is 12.5. The molecule has 2 aromatic rings. The van der Waals surface area contributed by atoms with Gasteiger partial charge in [-0.1, -0.05) is 35.3 Å². The highest BCUT2D eigenvalue weighted by Gasteiger charge is 2.41. The number of hydrogen-bond acceptors (Lipinski definition) is 7. The van der Waals surface area contributed by atoms with Gasteiger partial charge in [0.05, 0.1) is 26.2 Å². The number of carbonyl (C=O) groups is 4. The molecule has 2 aromatic carbocycles. The number of halogens is 2. The van der Waals surface area contributed by atoms with Gasteiger partial charge in [0.25, 0.3) is 23.4 Å². The minimum absolute atomic E-state index is 0.134. The summed E-state index contributed by atoms with van der Waals surface area (Å²) in [6, 6.07) is 8.15. The highest BCUT2D eigenvalue weighted by molar-refractivity contribution is 6.39. The third kappa shape index (κ3) is 4.09. The van der Waals surface area contributed by atoms with E-state index in [9.17, 15) is 29.3 Å². The molecule has 0 saturated heterocycles. The van der Waals surface area contributed by atoms with Gasteiger partial charge in [0, 0.05) is 6.07 Å². The number of fused-ring (bicyclic) bond motifs is 1. The van der Waals surface area contributed by atoms with E-state index >= 15 is 0 Å². The zero-order valence-corrected chi connectivity index (χ0v) is 16.4. The summed E-state index contributed by atoms with van der Waals surface area (Å²) in [4.78, 5) is 59.5. The maximum absolute atomic E-state index is 12.4. The van der Waals surface area contributed by atoms with Gasteiger partial charge in [0.15, 0.2) is 6.61 Å². The van der Waals surface area contributed by atoms with Gasteiger partial charge in [0.1, 0.15) is 12.1 Å². The number of amides is 3. The lowest BCUT2D eigenvalue weighted by molar-refractivity contribution is -0.385. The number of imide groups is 1. The molecule has 30 heavy (non-hydrogen) atoms. The molecule has 3 amide bonds. The van der Waals surface area contributed by atoms with Crippen molar-refractivity contribution in [1.82, 2.24) is 4.90 Å². The van der Waals surface area contributed by atoms with Gasteiger partial charge in [0.2, 0.25) is 0 Å². The molecule has 0 aromatic heterocycles. The Labute approximate surface area is 178 Å². The number of esters is 1. The average Bonchev–Trinajstić information content (AvgIpc) is 2.94. The number of nitrogens with one attached hydrogen (secondary N) is 1. The van der Waals surface area contributed by atoms with Crippen LogP contribution in [0.4, 0.5) is 11.4 Å². The number of carbonyl (C=O) groups excluding carboxylic acids is 4. The fourth-order valence-electron chi connectivity index (χ4n) is 2.72. The number of anilines is 1. The Bertz CT molecular complexity index is 1080. The number of benzene rings is 2. The molecule has 0 fully saturated rings. The summed E-state index contributed by atoms with van der Waals surface area (Å²) < 4.78 is 4.77. The molecule has 0 saturated carbocycles. The highest BCUT2D eigenvalue weighted by atomic mass is 35.5. The molecule has 0 spiro atoms. The number of rotatable bonds is 6. The van der Waals surface area contributed by atoms with E-state index in [1.54, 1.807) is 6.07 Å². The molecule has 1 heterocycles. The van der Waals surface area contributed by atoms with E-state index < -0.39 is 53.0 Å². The summed E-state index contributed by atoms with van der Waals surface area (Å²) in [6.07, 6.45) is 0. The van der Waals surface area contributed by atoms with Crippen LogP contribution in [0.5, 0.6) is 0 Å². The van der Waals surface area contributed by atoms with Crippen molar-refractivity contribution in [3.63, 3.8) is 0 Å². The van der Waals surface area contributed by atoms with E-state index in [-0.39, 0.29) is 21.3 Å². The van der Waals surface area contributed by atoms with Gasteiger partial charge in [-0.2, -0.15) is 0 Å². The second kappa shape index (κ2) is 8.47. The lowest BCUT2D eigenvalue weighted by Crippen LogP contribution is -2.36. The number of nitrogens with zero attached hydrogens (tertiary/aromatic N) is 2. The summed E-state index contributed by atoms with van der Waals surface area (Å²) in [5.74, 6) is -3.68. The van der Waals surface area contributed by atoms with E-state index in [0.29, 0.717) is 4.90 Å². The summed E-state index contributed by atoms with van der Waals surface area (Å²) in [5, 5.41) is 13.8. The van der Waals surface area contributed by atoms with Crippen molar-refractivity contribution >= 4 is 58.3 Å². The molecule has 1 N–H and O–H groups in total. The van der Waals surface area contributed by atoms with Crippen molar-refractivity contribution in [3.8, 4) is 0 Å². The van der Waals surface area contributed by atoms with Gasteiger partial charge in [-0.05, 0) is 18.2 Å². The number of nitro benzene ring substituents is 1. The zero-order valence-electron chi connectivity index (χ0n) is 14.9. The van der Waals surface area contributed by atoms with Crippen LogP contribution in [0.3, 0.4) is 0 Å². The standard InChI is InChI=1S/C18H11Cl2N3O7/c19-10-4-2-5-11(20)16(10)21-13(24)8-30-14(25)7-22-17(26)9-3-1-6-12(23(28)29)15(9)18(22)27/h1-6H,7-8H2,(H,21,24). The Morgan fingerprint density at radius 3 is 2.33 bits per heavy atom. The summed E-state index contributed by atoms with van der Waals surface area (Å²) >= 11 is 11.8. The molecule has 0 unspecified atom stereocenters. The first-order valence-electron chi connectivity index (χ1n) is 8.23. The topological polar surface area (TPSA) is 136 Å². The maximum atomic E-state index is 12.4. The van der Waals surface area contributed by atoms with Crippen molar-refractivity contribution in [1.29, 1.82) is 0 Å². The Morgan fingerprint density at radius 2 is 1.70 bits per heavy atom. The SMILES string of the molecule is O=C(COC(=O)CN1C(=O)c2cccc([N+](=O)[O-])c2C1=O)Nc1c(Cl)cccc1Cl. The van der Waals surface area contributed by atoms with E-state index in [1.165, 1.54) is 24.3 Å². The summed E-state index contributed by atoms with van der Waals surface area (Å²) in [7, 11) is 0. The third-order valence-corrected chi connectivity index (χ3v) is 4.68. The molecule has 0 radical (unpaired) electrons. The van der Waals surface area contributed by atoms with Crippen molar-refractivity contribution in [2.24, 2.45) is 0 Å². The largest absolute Gasteiger partial charge is 0.454 e. The Morgan fingerprint density at radius 1 is 1.07 bits per heavy atom. The van der Waals surface area contributed by atoms with Crippen molar-refractivity contribution in [2.75, 3.05) is 18.5 Å². The second-order valence-electron chi connectivity index (χ2n) is 5.96. The lowest BCUT2D eigenvalue weighted by Gasteiger charge is -2.13. The average molecular weight is 452 g/mol. The van der Waals surface area contributed by atoms with Crippen molar-refractivity contribution in [2.45, 2.75) is 0 Å². The molecule has 10 nitrogen and oxygen atoms in total. The second-order valence-corrected chi connectivity index (χ2v) is 6.77. The Hall–Kier alpha value is -3.50. The van der Waals surface area contributed by atoms with Gasteiger partial charge in [-0.15, -0.1) is 0 Å². The molecule has 0 aliphatic carbocycles. The number of para-hydroxylation sites is 1. The molecule has 0 bridgehead atoms. The van der Waals surface area contributed by atoms with Crippen LogP contribution in [0.2, 0.25) is 10.0 Å². The Kier molecular flexibility index (Phi) is 5.99. The fraction of sp³-hybridized carbons (Fsp3) is 0.111. The van der Waals surface area contributed by atoms with E-state index in [1.807, 2.05) is 0 Å². The minimum Gasteiger partial charge on any atom is -0.454 e. The van der Waals surface area contributed by atoms with E-state index in [2.05, 4.69) is 5.32 Å². The third-order valence-electron chi connectivity index (χ3n) is 4.05. The maximum Gasteiger partial charge on any atom is 0.326 e. The summed E-state index contributed by atoms with van der Waals surface area (Å²) in [6.45, 7) is -1.55. The fourth-order valence-corrected chi connectivity index (χ4v) is 3.22. The first-order valence-corrected chi connectivity index (χ1v) is 8.99. The lowest BCUT2D eigenvalue weighted by atomic mass is 10.1. The van der Waals surface area contributed by atoms with Crippen LogP contribution in [-0.4, -0.2) is 46.7 Å².